The van der Waals surface area contributed by atoms with Crippen LogP contribution in [0.1, 0.15) is 23.8 Å². The van der Waals surface area contributed by atoms with Gasteiger partial charge in [-0.25, -0.2) is 9.48 Å². The number of aromatic nitrogens is 3. The predicted molar refractivity (Wildman–Crippen MR) is 68.2 cm³/mol. The molecule has 2 aromatic rings. The molecule has 0 aliphatic carbocycles. The smallest absolute Gasteiger partial charge is 0.359 e. The fourth-order valence-corrected chi connectivity index (χ4v) is 1.84. The third-order valence-electron chi connectivity index (χ3n) is 2.62. The highest BCUT2D eigenvalue weighted by Gasteiger charge is 2.22. The van der Waals surface area contributed by atoms with E-state index in [0.29, 0.717) is 0 Å². The van der Waals surface area contributed by atoms with Crippen LogP contribution in [0.25, 0.3) is 11.0 Å². The summed E-state index contributed by atoms with van der Waals surface area (Å²) in [5.74, 6) is -1.05. The molecule has 2 heterocycles. The zero-order chi connectivity index (χ0) is 14.7. The van der Waals surface area contributed by atoms with Crippen molar-refractivity contribution in [3.05, 3.63) is 22.1 Å². The van der Waals surface area contributed by atoms with Crippen molar-refractivity contribution in [1.29, 1.82) is 5.26 Å². The van der Waals surface area contributed by atoms with Gasteiger partial charge in [-0.15, -0.1) is 0 Å². The minimum atomic E-state index is -0.699. The number of aromatic hydroxyl groups is 1. The van der Waals surface area contributed by atoms with E-state index in [2.05, 4.69) is 10.1 Å². The lowest BCUT2D eigenvalue weighted by molar-refractivity contribution is 0.0520. The van der Waals surface area contributed by atoms with Crippen LogP contribution in [0.4, 0.5) is 0 Å². The van der Waals surface area contributed by atoms with Gasteiger partial charge < -0.3 is 14.8 Å². The maximum absolute atomic E-state index is 11.8. The van der Waals surface area contributed by atoms with Gasteiger partial charge in [0.1, 0.15) is 11.4 Å². The van der Waals surface area contributed by atoms with Gasteiger partial charge in [-0.1, -0.05) is 0 Å². The minimum absolute atomic E-state index is 0.0893. The fraction of sp³-hybridized carbons (Fsp3) is 0.333. The molecular weight excluding hydrogens is 264 g/mol. The quantitative estimate of drug-likeness (QED) is 0.785. The highest BCUT2D eigenvalue weighted by molar-refractivity contribution is 6.03. The van der Waals surface area contributed by atoms with Crippen molar-refractivity contribution in [2.75, 3.05) is 6.61 Å². The number of hydrogen-bond donors (Lipinski definition) is 2. The number of nitrogens with one attached hydrogen (secondary N) is 1. The van der Waals surface area contributed by atoms with E-state index in [1.54, 1.807) is 6.92 Å². The molecule has 104 valence electrons. The molecule has 8 heteroatoms. The molecular formula is C12H12N4O4. The molecule has 8 nitrogen and oxygen atoms in total. The number of ether oxygens (including phenoxy) is 1. The normalized spacial score (nSPS) is 10.4. The third kappa shape index (κ3) is 2.33. The minimum Gasteiger partial charge on any atom is -0.507 e. The van der Waals surface area contributed by atoms with Gasteiger partial charge in [-0.2, -0.15) is 10.4 Å². The molecule has 0 aliphatic heterocycles. The van der Waals surface area contributed by atoms with Gasteiger partial charge in [-0.3, -0.25) is 4.79 Å². The van der Waals surface area contributed by atoms with E-state index < -0.39 is 11.5 Å². The first-order valence-corrected chi connectivity index (χ1v) is 5.95. The molecule has 0 radical (unpaired) electrons. The monoisotopic (exact) mass is 276 g/mol. The van der Waals surface area contributed by atoms with E-state index in [-0.39, 0.29) is 42.0 Å². The van der Waals surface area contributed by atoms with Gasteiger partial charge in [0.05, 0.1) is 31.0 Å². The Bertz CT molecular complexity index is 753. The van der Waals surface area contributed by atoms with Gasteiger partial charge in [0.25, 0.3) is 5.56 Å². The first-order chi connectivity index (χ1) is 9.58. The second-order valence-electron chi connectivity index (χ2n) is 3.94. The lowest BCUT2D eigenvalue weighted by Gasteiger charge is -1.99. The molecule has 0 fully saturated rings. The number of esters is 1. The highest BCUT2D eigenvalue weighted by Crippen LogP contribution is 2.25. The van der Waals surface area contributed by atoms with Crippen molar-refractivity contribution < 1.29 is 14.6 Å². The fourth-order valence-electron chi connectivity index (χ4n) is 1.84. The number of carbonyl (C=O) groups is 1. The summed E-state index contributed by atoms with van der Waals surface area (Å²) in [5.41, 5.74) is -0.426. The maximum atomic E-state index is 11.8. The van der Waals surface area contributed by atoms with Crippen LogP contribution in [-0.2, 0) is 11.3 Å². The molecule has 20 heavy (non-hydrogen) atoms. The molecule has 2 aromatic heterocycles. The van der Waals surface area contributed by atoms with Crippen molar-refractivity contribution in [3.8, 4) is 11.8 Å². The molecule has 0 atom stereocenters. The Hall–Kier alpha value is -2.82. The Labute approximate surface area is 113 Å². The van der Waals surface area contributed by atoms with Gasteiger partial charge in [0, 0.05) is 6.07 Å². The Morgan fingerprint density at radius 1 is 1.65 bits per heavy atom. The van der Waals surface area contributed by atoms with Crippen molar-refractivity contribution in [2.45, 2.75) is 19.9 Å². The Morgan fingerprint density at radius 3 is 3.05 bits per heavy atom. The summed E-state index contributed by atoms with van der Waals surface area (Å²) >= 11 is 0. The number of hydrogen-bond acceptors (Lipinski definition) is 6. The number of nitriles is 1. The summed E-state index contributed by atoms with van der Waals surface area (Å²) in [7, 11) is 0. The maximum Gasteiger partial charge on any atom is 0.359 e. The van der Waals surface area contributed by atoms with E-state index in [9.17, 15) is 14.7 Å². The summed E-state index contributed by atoms with van der Waals surface area (Å²) in [5, 5.41) is 22.6. The van der Waals surface area contributed by atoms with Crippen LogP contribution in [0.15, 0.2) is 10.9 Å². The number of aromatic amines is 1. The third-order valence-corrected chi connectivity index (χ3v) is 2.62. The lowest BCUT2D eigenvalue weighted by Crippen LogP contribution is -2.08. The highest BCUT2D eigenvalue weighted by atomic mass is 16.5. The molecule has 2 rings (SSSR count). The van der Waals surface area contributed by atoms with Crippen LogP contribution in [-0.4, -0.2) is 32.4 Å². The number of carbonyl (C=O) groups excluding carboxylic acids is 1. The average molecular weight is 276 g/mol. The van der Waals surface area contributed by atoms with Crippen LogP contribution in [0.3, 0.4) is 0 Å². The molecule has 0 bridgehead atoms. The van der Waals surface area contributed by atoms with Crippen LogP contribution in [0.2, 0.25) is 0 Å². The SMILES string of the molecule is CCOC(=O)c1nn(CCC#N)c2[nH]c(=O)cc(O)c12. The predicted octanol–water partition coefficient (Wildman–Crippen LogP) is 0.521. The van der Waals surface area contributed by atoms with E-state index in [0.717, 1.165) is 6.07 Å². The Balaban J connectivity index is 2.67. The number of pyridine rings is 1. The van der Waals surface area contributed by atoms with Gasteiger partial charge in [0.2, 0.25) is 0 Å². The molecule has 0 amide bonds. The van der Waals surface area contributed by atoms with Crippen molar-refractivity contribution >= 4 is 17.0 Å². The summed E-state index contributed by atoms with van der Waals surface area (Å²) in [6.45, 7) is 2.00. The molecule has 0 saturated heterocycles. The molecule has 0 aromatic carbocycles. The molecule has 0 saturated carbocycles. The van der Waals surface area contributed by atoms with E-state index in [1.807, 2.05) is 6.07 Å². The van der Waals surface area contributed by atoms with E-state index >= 15 is 0 Å². The second kappa shape index (κ2) is 5.44. The zero-order valence-corrected chi connectivity index (χ0v) is 10.7. The molecule has 0 aliphatic rings. The Kier molecular flexibility index (Phi) is 3.70. The standard InChI is InChI=1S/C12H12N4O4/c1-2-20-12(19)10-9-7(17)6-8(18)14-11(9)16(15-10)5-3-4-13/h6H,2-3,5H2,1H3,(H2,14,17,18). The molecule has 2 N–H and O–H groups in total. The first kappa shape index (κ1) is 13.6. The average Bonchev–Trinajstić information content (AvgIpc) is 2.75. The summed E-state index contributed by atoms with van der Waals surface area (Å²) < 4.78 is 6.15. The van der Waals surface area contributed by atoms with Gasteiger partial charge in [0.15, 0.2) is 5.69 Å². The summed E-state index contributed by atoms with van der Waals surface area (Å²) in [6, 6.07) is 2.90. The van der Waals surface area contributed by atoms with Gasteiger partial charge in [-0.05, 0) is 6.92 Å². The van der Waals surface area contributed by atoms with Crippen molar-refractivity contribution in [3.63, 3.8) is 0 Å². The van der Waals surface area contributed by atoms with E-state index in [1.165, 1.54) is 4.68 Å². The van der Waals surface area contributed by atoms with E-state index in [4.69, 9.17) is 10.00 Å². The topological polar surface area (TPSA) is 121 Å². The van der Waals surface area contributed by atoms with Crippen LogP contribution in [0.5, 0.6) is 5.75 Å². The number of rotatable bonds is 4. The molecule has 0 spiro atoms. The number of H-pyrrole nitrogens is 1. The number of fused-ring (bicyclic) bond motifs is 1. The summed E-state index contributed by atoms with van der Waals surface area (Å²) in [4.78, 5) is 25.7. The number of aryl methyl sites for hydroxylation is 1. The van der Waals surface area contributed by atoms with Crippen LogP contribution >= 0.6 is 0 Å². The number of nitrogens with zero attached hydrogens (tertiary/aromatic N) is 3. The Morgan fingerprint density at radius 2 is 2.40 bits per heavy atom. The first-order valence-electron chi connectivity index (χ1n) is 5.95. The van der Waals surface area contributed by atoms with Gasteiger partial charge >= 0.3 is 5.97 Å². The zero-order valence-electron chi connectivity index (χ0n) is 10.7. The molecule has 0 unspecified atom stereocenters. The van der Waals surface area contributed by atoms with Crippen molar-refractivity contribution in [2.24, 2.45) is 0 Å². The largest absolute Gasteiger partial charge is 0.507 e. The second-order valence-corrected chi connectivity index (χ2v) is 3.94. The van der Waals surface area contributed by atoms with Crippen LogP contribution < -0.4 is 5.56 Å². The van der Waals surface area contributed by atoms with Crippen LogP contribution in [0, 0.1) is 11.3 Å². The lowest BCUT2D eigenvalue weighted by atomic mass is 10.2. The summed E-state index contributed by atoms with van der Waals surface area (Å²) in [6.07, 6.45) is 0.150. The van der Waals surface area contributed by atoms with Crippen molar-refractivity contribution in [1.82, 2.24) is 14.8 Å².